The van der Waals surface area contributed by atoms with Crippen LogP contribution in [0.15, 0.2) is 34.7 Å². The molecule has 2 rings (SSSR count). The third kappa shape index (κ3) is 3.56. The topological polar surface area (TPSA) is 41.5 Å². The van der Waals surface area contributed by atoms with E-state index in [0.717, 1.165) is 10.4 Å². The van der Waals surface area contributed by atoms with Crippen LogP contribution in [0.5, 0.6) is 0 Å². The number of nitrogens with one attached hydrogen (secondary N) is 1. The van der Waals surface area contributed by atoms with Gasteiger partial charge in [0.25, 0.3) is 5.91 Å². The summed E-state index contributed by atoms with van der Waals surface area (Å²) < 4.78 is 0. The van der Waals surface area contributed by atoms with Gasteiger partial charge in [0, 0.05) is 10.4 Å². The van der Waals surface area contributed by atoms with E-state index in [-0.39, 0.29) is 5.91 Å². The fourth-order valence-electron chi connectivity index (χ4n) is 1.37. The molecule has 1 heterocycles. The molecule has 3 nitrogen and oxygen atoms in total. The molecule has 19 heavy (non-hydrogen) atoms. The summed E-state index contributed by atoms with van der Waals surface area (Å²) in [6.07, 6.45) is 1.62. The molecular formula is C13H10Cl2N2OS. The molecular weight excluding hydrogens is 303 g/mol. The number of nitrogens with zero attached hydrogens (tertiary/aromatic N) is 1. The first kappa shape index (κ1) is 14.1. The Labute approximate surface area is 124 Å². The lowest BCUT2D eigenvalue weighted by atomic mass is 10.2. The van der Waals surface area contributed by atoms with E-state index in [0.29, 0.717) is 15.6 Å². The predicted octanol–water partition coefficient (Wildman–Crippen LogP) is 4.13. The summed E-state index contributed by atoms with van der Waals surface area (Å²) in [7, 11) is 0. The number of benzene rings is 1. The number of aryl methyl sites for hydroxylation is 1. The normalized spacial score (nSPS) is 10.9. The average molecular weight is 313 g/mol. The lowest BCUT2D eigenvalue weighted by molar-refractivity contribution is 0.0955. The molecule has 0 radical (unpaired) electrons. The highest BCUT2D eigenvalue weighted by Gasteiger charge is 2.06. The van der Waals surface area contributed by atoms with Crippen molar-refractivity contribution < 1.29 is 4.79 Å². The molecule has 1 aromatic carbocycles. The van der Waals surface area contributed by atoms with Crippen molar-refractivity contribution in [3.63, 3.8) is 0 Å². The first-order valence-electron chi connectivity index (χ1n) is 5.40. The van der Waals surface area contributed by atoms with Crippen LogP contribution in [0.25, 0.3) is 0 Å². The Kier molecular flexibility index (Phi) is 4.58. The number of hydrogen-bond donors (Lipinski definition) is 1. The minimum Gasteiger partial charge on any atom is -0.267 e. The first-order chi connectivity index (χ1) is 9.08. The van der Waals surface area contributed by atoms with E-state index in [9.17, 15) is 4.79 Å². The zero-order valence-electron chi connectivity index (χ0n) is 9.98. The molecule has 98 valence electrons. The van der Waals surface area contributed by atoms with Gasteiger partial charge in [0.05, 0.1) is 16.3 Å². The maximum absolute atomic E-state index is 11.8. The highest BCUT2D eigenvalue weighted by molar-refractivity contribution is 7.11. The minimum absolute atomic E-state index is 0.330. The second-order valence-corrected chi connectivity index (χ2v) is 5.56. The van der Waals surface area contributed by atoms with Crippen LogP contribution >= 0.6 is 34.5 Å². The Bertz CT molecular complexity index is 637. The molecule has 0 unspecified atom stereocenters. The van der Waals surface area contributed by atoms with Gasteiger partial charge in [-0.2, -0.15) is 5.10 Å². The molecule has 0 aliphatic carbocycles. The third-order valence-electron chi connectivity index (χ3n) is 2.43. The van der Waals surface area contributed by atoms with Gasteiger partial charge in [0.1, 0.15) is 0 Å². The molecule has 0 atom stereocenters. The van der Waals surface area contributed by atoms with Gasteiger partial charge in [-0.15, -0.1) is 11.3 Å². The first-order valence-corrected chi connectivity index (χ1v) is 7.04. The second-order valence-electron chi connectivity index (χ2n) is 3.80. The molecule has 6 heteroatoms. The monoisotopic (exact) mass is 312 g/mol. The third-order valence-corrected chi connectivity index (χ3v) is 4.12. The molecule has 0 aliphatic heterocycles. The molecule has 0 bridgehead atoms. The fraction of sp³-hybridized carbons (Fsp3) is 0.0769. The maximum Gasteiger partial charge on any atom is 0.271 e. The van der Waals surface area contributed by atoms with Crippen molar-refractivity contribution in [3.05, 3.63) is 55.7 Å². The summed E-state index contributed by atoms with van der Waals surface area (Å²) in [5, 5.41) is 6.64. The van der Waals surface area contributed by atoms with Gasteiger partial charge in [-0.05, 0) is 42.1 Å². The molecule has 0 spiro atoms. The van der Waals surface area contributed by atoms with E-state index in [4.69, 9.17) is 23.2 Å². The standard InChI is InChI=1S/C13H10Cl2N2OS/c1-8-4-5-19-12(8)7-16-17-13(18)9-2-3-10(14)11(15)6-9/h2-7H,1H3,(H,17,18). The number of carbonyl (C=O) groups is 1. The zero-order valence-corrected chi connectivity index (χ0v) is 12.3. The molecule has 0 saturated carbocycles. The van der Waals surface area contributed by atoms with E-state index in [1.54, 1.807) is 29.7 Å². The molecule has 0 fully saturated rings. The van der Waals surface area contributed by atoms with Crippen LogP contribution < -0.4 is 5.43 Å². The Balaban J connectivity index is 2.03. The Morgan fingerprint density at radius 2 is 2.11 bits per heavy atom. The van der Waals surface area contributed by atoms with Crippen LogP contribution in [0.1, 0.15) is 20.8 Å². The van der Waals surface area contributed by atoms with Crippen molar-refractivity contribution in [1.82, 2.24) is 5.43 Å². The second kappa shape index (κ2) is 6.19. The van der Waals surface area contributed by atoms with Crippen LogP contribution in [-0.2, 0) is 0 Å². The number of rotatable bonds is 3. The molecule has 0 aliphatic rings. The van der Waals surface area contributed by atoms with Gasteiger partial charge in [-0.1, -0.05) is 23.2 Å². The number of thiophene rings is 1. The molecule has 2 aromatic rings. The lowest BCUT2D eigenvalue weighted by Gasteiger charge is -2.01. The summed E-state index contributed by atoms with van der Waals surface area (Å²) in [5.41, 5.74) is 3.98. The molecule has 0 saturated heterocycles. The largest absolute Gasteiger partial charge is 0.271 e. The number of amides is 1. The SMILES string of the molecule is Cc1ccsc1C=NNC(=O)c1ccc(Cl)c(Cl)c1. The molecule has 1 amide bonds. The van der Waals surface area contributed by atoms with Crippen molar-refractivity contribution in [3.8, 4) is 0 Å². The Hall–Kier alpha value is -1.36. The van der Waals surface area contributed by atoms with E-state index in [2.05, 4.69) is 10.5 Å². The quantitative estimate of drug-likeness (QED) is 0.672. The van der Waals surface area contributed by atoms with Crippen LogP contribution in [0, 0.1) is 6.92 Å². The Morgan fingerprint density at radius 3 is 2.74 bits per heavy atom. The molecule has 1 N–H and O–H groups in total. The lowest BCUT2D eigenvalue weighted by Crippen LogP contribution is -2.17. The summed E-state index contributed by atoms with van der Waals surface area (Å²) in [6.45, 7) is 1.98. The zero-order chi connectivity index (χ0) is 13.8. The van der Waals surface area contributed by atoms with E-state index in [1.807, 2.05) is 18.4 Å². The number of halogens is 2. The summed E-state index contributed by atoms with van der Waals surface area (Å²) in [6, 6.07) is 6.67. The van der Waals surface area contributed by atoms with Gasteiger partial charge in [0.2, 0.25) is 0 Å². The average Bonchev–Trinajstić information content (AvgIpc) is 2.78. The van der Waals surface area contributed by atoms with E-state index in [1.165, 1.54) is 6.07 Å². The van der Waals surface area contributed by atoms with Crippen molar-refractivity contribution >= 4 is 46.7 Å². The number of hydrazone groups is 1. The molecule has 1 aromatic heterocycles. The van der Waals surface area contributed by atoms with Crippen molar-refractivity contribution in [1.29, 1.82) is 0 Å². The summed E-state index contributed by atoms with van der Waals surface area (Å²) >= 11 is 13.2. The fourth-order valence-corrected chi connectivity index (χ4v) is 2.45. The van der Waals surface area contributed by atoms with Gasteiger partial charge in [-0.3, -0.25) is 4.79 Å². The van der Waals surface area contributed by atoms with E-state index >= 15 is 0 Å². The van der Waals surface area contributed by atoms with Crippen LogP contribution in [0.2, 0.25) is 10.0 Å². The number of hydrogen-bond acceptors (Lipinski definition) is 3. The maximum atomic E-state index is 11.8. The van der Waals surface area contributed by atoms with Gasteiger partial charge < -0.3 is 0 Å². The highest BCUT2D eigenvalue weighted by Crippen LogP contribution is 2.22. The highest BCUT2D eigenvalue weighted by atomic mass is 35.5. The Morgan fingerprint density at radius 1 is 1.32 bits per heavy atom. The smallest absolute Gasteiger partial charge is 0.267 e. The summed E-state index contributed by atoms with van der Waals surface area (Å²) in [4.78, 5) is 12.8. The number of carbonyl (C=O) groups excluding carboxylic acids is 1. The van der Waals surface area contributed by atoms with Gasteiger partial charge >= 0.3 is 0 Å². The van der Waals surface area contributed by atoms with Gasteiger partial charge in [0.15, 0.2) is 0 Å². The summed E-state index contributed by atoms with van der Waals surface area (Å²) in [5.74, 6) is -0.330. The van der Waals surface area contributed by atoms with Gasteiger partial charge in [-0.25, -0.2) is 5.43 Å². The van der Waals surface area contributed by atoms with Crippen LogP contribution in [0.4, 0.5) is 0 Å². The van der Waals surface area contributed by atoms with Crippen LogP contribution in [-0.4, -0.2) is 12.1 Å². The van der Waals surface area contributed by atoms with Crippen molar-refractivity contribution in [2.24, 2.45) is 5.10 Å². The van der Waals surface area contributed by atoms with Crippen molar-refractivity contribution in [2.75, 3.05) is 0 Å². The van der Waals surface area contributed by atoms with Crippen LogP contribution in [0.3, 0.4) is 0 Å². The predicted molar refractivity (Wildman–Crippen MR) is 80.6 cm³/mol. The van der Waals surface area contributed by atoms with E-state index < -0.39 is 0 Å². The van der Waals surface area contributed by atoms with Crippen molar-refractivity contribution in [2.45, 2.75) is 6.92 Å². The minimum atomic E-state index is -0.330.